The molecule has 0 spiro atoms. The molecule has 1 heteroatoms. The lowest BCUT2D eigenvalue weighted by atomic mass is 9.89. The molecule has 0 aliphatic carbocycles. The summed E-state index contributed by atoms with van der Waals surface area (Å²) in [6.45, 7) is 14.6. The first kappa shape index (κ1) is 15.2. The fourth-order valence-electron chi connectivity index (χ4n) is 3.00. The van der Waals surface area contributed by atoms with E-state index in [4.69, 9.17) is 0 Å². The number of benzene rings is 1. The SMILES string of the molecule is CCNC(C)CC(C)Cc1c(C)cc(C)cc1C. The highest BCUT2D eigenvalue weighted by atomic mass is 14.9. The Morgan fingerprint density at radius 2 is 1.61 bits per heavy atom. The van der Waals surface area contributed by atoms with E-state index in [1.807, 2.05) is 0 Å². The highest BCUT2D eigenvalue weighted by Crippen LogP contribution is 2.21. The summed E-state index contributed by atoms with van der Waals surface area (Å²) in [5.74, 6) is 0.735. The highest BCUT2D eigenvalue weighted by molar-refractivity contribution is 5.37. The molecule has 0 heterocycles. The predicted molar refractivity (Wildman–Crippen MR) is 81.3 cm³/mol. The molecule has 0 fully saturated rings. The summed E-state index contributed by atoms with van der Waals surface area (Å²) in [7, 11) is 0. The standard InChI is InChI=1S/C17H29N/c1-7-18-16(6)10-13(3)11-17-14(4)8-12(2)9-15(17)5/h8-9,13,16,18H,7,10-11H2,1-6H3. The maximum Gasteiger partial charge on any atom is 0.00412 e. The number of aryl methyl sites for hydroxylation is 3. The molecule has 2 atom stereocenters. The van der Waals surface area contributed by atoms with Crippen LogP contribution in [0.1, 0.15) is 49.4 Å². The second-order valence-corrected chi connectivity index (χ2v) is 5.88. The molecule has 1 aromatic rings. The van der Waals surface area contributed by atoms with Gasteiger partial charge in [0.05, 0.1) is 0 Å². The zero-order valence-corrected chi connectivity index (χ0v) is 12.9. The lowest BCUT2D eigenvalue weighted by Crippen LogP contribution is -2.28. The van der Waals surface area contributed by atoms with Crippen LogP contribution in [0.25, 0.3) is 0 Å². The van der Waals surface area contributed by atoms with Crippen LogP contribution in [-0.4, -0.2) is 12.6 Å². The Morgan fingerprint density at radius 1 is 1.06 bits per heavy atom. The molecule has 1 nitrogen and oxygen atoms in total. The first-order valence-corrected chi connectivity index (χ1v) is 7.24. The Balaban J connectivity index is 2.67. The lowest BCUT2D eigenvalue weighted by molar-refractivity contribution is 0.425. The van der Waals surface area contributed by atoms with E-state index in [-0.39, 0.29) is 0 Å². The van der Waals surface area contributed by atoms with E-state index in [1.54, 1.807) is 5.56 Å². The van der Waals surface area contributed by atoms with Crippen molar-refractivity contribution >= 4 is 0 Å². The van der Waals surface area contributed by atoms with Crippen molar-refractivity contribution in [1.29, 1.82) is 0 Å². The molecule has 2 unspecified atom stereocenters. The maximum atomic E-state index is 3.50. The van der Waals surface area contributed by atoms with E-state index in [1.165, 1.54) is 29.5 Å². The van der Waals surface area contributed by atoms with Crippen molar-refractivity contribution in [2.75, 3.05) is 6.54 Å². The third-order valence-corrected chi connectivity index (χ3v) is 3.70. The van der Waals surface area contributed by atoms with Crippen LogP contribution in [0.15, 0.2) is 12.1 Å². The van der Waals surface area contributed by atoms with Gasteiger partial charge in [-0.3, -0.25) is 0 Å². The summed E-state index contributed by atoms with van der Waals surface area (Å²) in [6.07, 6.45) is 2.45. The molecule has 0 saturated carbocycles. The van der Waals surface area contributed by atoms with Crippen LogP contribution in [-0.2, 0) is 6.42 Å². The van der Waals surface area contributed by atoms with Gasteiger partial charge in [0.15, 0.2) is 0 Å². The van der Waals surface area contributed by atoms with Gasteiger partial charge < -0.3 is 5.32 Å². The van der Waals surface area contributed by atoms with Gasteiger partial charge in [0.2, 0.25) is 0 Å². The van der Waals surface area contributed by atoms with Crippen LogP contribution >= 0.6 is 0 Å². The molecule has 0 aromatic heterocycles. The van der Waals surface area contributed by atoms with E-state index in [2.05, 4.69) is 59.0 Å². The van der Waals surface area contributed by atoms with E-state index >= 15 is 0 Å². The summed E-state index contributed by atoms with van der Waals surface area (Å²) >= 11 is 0. The molecule has 0 aliphatic heterocycles. The van der Waals surface area contributed by atoms with E-state index < -0.39 is 0 Å². The molecule has 0 saturated heterocycles. The molecule has 0 amide bonds. The van der Waals surface area contributed by atoms with Gasteiger partial charge in [0.1, 0.15) is 0 Å². The third-order valence-electron chi connectivity index (χ3n) is 3.70. The van der Waals surface area contributed by atoms with Gasteiger partial charge in [-0.05, 0) is 69.7 Å². The average molecular weight is 247 g/mol. The summed E-state index contributed by atoms with van der Waals surface area (Å²) in [5, 5.41) is 3.50. The van der Waals surface area contributed by atoms with Crippen molar-refractivity contribution in [2.24, 2.45) is 5.92 Å². The van der Waals surface area contributed by atoms with Crippen molar-refractivity contribution in [3.63, 3.8) is 0 Å². The normalized spacial score (nSPS) is 14.6. The van der Waals surface area contributed by atoms with Crippen LogP contribution in [0.3, 0.4) is 0 Å². The topological polar surface area (TPSA) is 12.0 Å². The van der Waals surface area contributed by atoms with Gasteiger partial charge in [-0.1, -0.05) is 31.5 Å². The number of rotatable bonds is 6. The highest BCUT2D eigenvalue weighted by Gasteiger charge is 2.12. The second-order valence-electron chi connectivity index (χ2n) is 5.88. The predicted octanol–water partition coefficient (Wildman–Crippen LogP) is 4.18. The zero-order valence-electron chi connectivity index (χ0n) is 12.9. The number of hydrogen-bond acceptors (Lipinski definition) is 1. The molecule has 0 aliphatic rings. The Bertz CT molecular complexity index is 358. The van der Waals surface area contributed by atoms with Gasteiger partial charge in [-0.15, -0.1) is 0 Å². The summed E-state index contributed by atoms with van der Waals surface area (Å²) in [5.41, 5.74) is 5.84. The summed E-state index contributed by atoms with van der Waals surface area (Å²) < 4.78 is 0. The van der Waals surface area contributed by atoms with Gasteiger partial charge in [0.25, 0.3) is 0 Å². The Morgan fingerprint density at radius 3 is 2.11 bits per heavy atom. The largest absolute Gasteiger partial charge is 0.315 e. The first-order chi connectivity index (χ1) is 8.43. The maximum absolute atomic E-state index is 3.50. The van der Waals surface area contributed by atoms with E-state index in [0.29, 0.717) is 6.04 Å². The van der Waals surface area contributed by atoms with Gasteiger partial charge >= 0.3 is 0 Å². The Labute approximate surface area is 113 Å². The van der Waals surface area contributed by atoms with Crippen LogP contribution < -0.4 is 5.32 Å². The third kappa shape index (κ3) is 4.45. The van der Waals surface area contributed by atoms with Crippen LogP contribution in [0, 0.1) is 26.7 Å². The molecule has 1 N–H and O–H groups in total. The average Bonchev–Trinajstić information content (AvgIpc) is 2.23. The van der Waals surface area contributed by atoms with Crippen LogP contribution in [0.4, 0.5) is 0 Å². The number of nitrogens with one attached hydrogen (secondary N) is 1. The molecule has 18 heavy (non-hydrogen) atoms. The quantitative estimate of drug-likeness (QED) is 0.795. The summed E-state index contributed by atoms with van der Waals surface area (Å²) in [4.78, 5) is 0. The fraction of sp³-hybridized carbons (Fsp3) is 0.647. The van der Waals surface area contributed by atoms with Crippen molar-refractivity contribution in [2.45, 2.75) is 60.4 Å². The van der Waals surface area contributed by atoms with Gasteiger partial charge in [0, 0.05) is 6.04 Å². The van der Waals surface area contributed by atoms with Crippen LogP contribution in [0.2, 0.25) is 0 Å². The zero-order chi connectivity index (χ0) is 13.7. The molecular formula is C17H29N. The van der Waals surface area contributed by atoms with Crippen molar-refractivity contribution in [3.8, 4) is 0 Å². The minimum absolute atomic E-state index is 0.621. The Hall–Kier alpha value is -0.820. The molecule has 0 radical (unpaired) electrons. The molecule has 0 bridgehead atoms. The smallest absolute Gasteiger partial charge is 0.00412 e. The monoisotopic (exact) mass is 247 g/mol. The minimum atomic E-state index is 0.621. The minimum Gasteiger partial charge on any atom is -0.315 e. The van der Waals surface area contributed by atoms with Crippen molar-refractivity contribution in [3.05, 3.63) is 34.4 Å². The van der Waals surface area contributed by atoms with E-state index in [0.717, 1.165) is 12.5 Å². The second kappa shape index (κ2) is 6.94. The number of hydrogen-bond donors (Lipinski definition) is 1. The van der Waals surface area contributed by atoms with Crippen molar-refractivity contribution < 1.29 is 0 Å². The van der Waals surface area contributed by atoms with Gasteiger partial charge in [-0.25, -0.2) is 0 Å². The van der Waals surface area contributed by atoms with Crippen LogP contribution in [0.5, 0.6) is 0 Å². The fourth-order valence-corrected chi connectivity index (χ4v) is 3.00. The molecular weight excluding hydrogens is 218 g/mol. The Kier molecular flexibility index (Phi) is 5.87. The lowest BCUT2D eigenvalue weighted by Gasteiger charge is -2.20. The molecule has 102 valence electrons. The molecule has 1 aromatic carbocycles. The summed E-state index contributed by atoms with van der Waals surface area (Å²) in [6, 6.07) is 5.24. The first-order valence-electron chi connectivity index (χ1n) is 7.24. The molecule has 1 rings (SSSR count). The van der Waals surface area contributed by atoms with Gasteiger partial charge in [-0.2, -0.15) is 0 Å². The van der Waals surface area contributed by atoms with Crippen molar-refractivity contribution in [1.82, 2.24) is 5.32 Å². The van der Waals surface area contributed by atoms with E-state index in [9.17, 15) is 0 Å².